The van der Waals surface area contributed by atoms with Gasteiger partial charge in [-0.25, -0.2) is 0 Å². The van der Waals surface area contributed by atoms with Gasteiger partial charge < -0.3 is 0 Å². The zero-order valence-electron chi connectivity index (χ0n) is 10.2. The van der Waals surface area contributed by atoms with Gasteiger partial charge in [-0.2, -0.15) is 0 Å². The number of hydrogen-bond donors (Lipinski definition) is 0. The lowest BCUT2D eigenvalue weighted by molar-refractivity contribution is 0.0944. The van der Waals surface area contributed by atoms with Crippen LogP contribution in [0.1, 0.15) is 42.5 Å². The second-order valence-electron chi connectivity index (χ2n) is 5.72. The number of carbonyl (C=O) groups is 1. The van der Waals surface area contributed by atoms with Crippen LogP contribution in [0, 0.1) is 17.8 Å². The van der Waals surface area contributed by atoms with Gasteiger partial charge in [0.1, 0.15) is 0 Å². The number of halogens is 2. The molecule has 0 N–H and O–H groups in total. The largest absolute Gasteiger partial charge is 0.294 e. The van der Waals surface area contributed by atoms with Crippen LogP contribution in [0.2, 0.25) is 0 Å². The average molecular weight is 372 g/mol. The van der Waals surface area contributed by atoms with E-state index < -0.39 is 0 Å². The fourth-order valence-electron chi connectivity index (χ4n) is 3.70. The summed E-state index contributed by atoms with van der Waals surface area (Å²) in [5, 5.41) is 0. The molecule has 1 aromatic carbocycles. The molecule has 0 radical (unpaired) electrons. The van der Waals surface area contributed by atoms with Crippen LogP contribution >= 0.6 is 31.9 Å². The van der Waals surface area contributed by atoms with Crippen molar-refractivity contribution in [2.75, 3.05) is 0 Å². The molecule has 3 unspecified atom stereocenters. The number of ketones is 1. The molecular formula is C15H16Br2O. The standard InChI is InChI=1S/C15H16Br2O/c16-13-5-12(6-14(17)8-13)15(18)7-11-4-9-1-2-10(11)3-9/h5-6,8-11H,1-4,7H2. The van der Waals surface area contributed by atoms with Crippen LogP contribution in [0.15, 0.2) is 27.1 Å². The molecule has 18 heavy (non-hydrogen) atoms. The third-order valence-electron chi connectivity index (χ3n) is 4.52. The van der Waals surface area contributed by atoms with Gasteiger partial charge in [0.15, 0.2) is 5.78 Å². The smallest absolute Gasteiger partial charge is 0.163 e. The molecule has 0 amide bonds. The van der Waals surface area contributed by atoms with Crippen LogP contribution in [0.25, 0.3) is 0 Å². The van der Waals surface area contributed by atoms with E-state index in [1.165, 1.54) is 25.7 Å². The van der Waals surface area contributed by atoms with Crippen LogP contribution in [0.3, 0.4) is 0 Å². The summed E-state index contributed by atoms with van der Waals surface area (Å²) in [5.74, 6) is 2.69. The number of rotatable bonds is 3. The summed E-state index contributed by atoms with van der Waals surface area (Å²) in [6.45, 7) is 0. The molecule has 3 atom stereocenters. The highest BCUT2D eigenvalue weighted by Crippen LogP contribution is 2.49. The van der Waals surface area contributed by atoms with Gasteiger partial charge in [0.05, 0.1) is 0 Å². The first-order chi connectivity index (χ1) is 8.61. The number of fused-ring (bicyclic) bond motifs is 2. The van der Waals surface area contributed by atoms with Crippen molar-refractivity contribution in [2.24, 2.45) is 17.8 Å². The monoisotopic (exact) mass is 370 g/mol. The molecule has 2 saturated carbocycles. The summed E-state index contributed by atoms with van der Waals surface area (Å²) in [6, 6.07) is 5.83. The molecule has 0 spiro atoms. The fourth-order valence-corrected chi connectivity index (χ4v) is 4.99. The minimum atomic E-state index is 0.301. The lowest BCUT2D eigenvalue weighted by Gasteiger charge is -2.20. The number of Topliss-reactive ketones (excluding diaryl/α,β-unsaturated/α-hetero) is 1. The second-order valence-corrected chi connectivity index (χ2v) is 7.55. The maximum absolute atomic E-state index is 12.3. The second kappa shape index (κ2) is 5.09. The highest BCUT2D eigenvalue weighted by atomic mass is 79.9. The van der Waals surface area contributed by atoms with Crippen molar-refractivity contribution in [1.82, 2.24) is 0 Å². The SMILES string of the molecule is O=C(CC1CC2CCC1C2)c1cc(Br)cc(Br)c1. The first-order valence-corrected chi connectivity index (χ1v) is 8.19. The van der Waals surface area contributed by atoms with Gasteiger partial charge in [0.25, 0.3) is 0 Å². The molecule has 0 aliphatic heterocycles. The average Bonchev–Trinajstić information content (AvgIpc) is 2.89. The molecule has 1 aromatic rings. The quantitative estimate of drug-likeness (QED) is 0.665. The van der Waals surface area contributed by atoms with Gasteiger partial charge in [0, 0.05) is 20.9 Å². The molecular weight excluding hydrogens is 356 g/mol. The first kappa shape index (κ1) is 12.9. The Labute approximate surface area is 125 Å². The molecule has 2 fully saturated rings. The maximum atomic E-state index is 12.3. The van der Waals surface area contributed by atoms with Gasteiger partial charge in [-0.15, -0.1) is 0 Å². The highest BCUT2D eigenvalue weighted by molar-refractivity contribution is 9.11. The third kappa shape index (κ3) is 2.57. The van der Waals surface area contributed by atoms with E-state index >= 15 is 0 Å². The Kier molecular flexibility index (Phi) is 3.63. The lowest BCUT2D eigenvalue weighted by atomic mass is 9.84. The Balaban J connectivity index is 1.71. The first-order valence-electron chi connectivity index (χ1n) is 6.61. The third-order valence-corrected chi connectivity index (χ3v) is 5.43. The van der Waals surface area contributed by atoms with E-state index in [1.54, 1.807) is 0 Å². The number of hydrogen-bond acceptors (Lipinski definition) is 1. The van der Waals surface area contributed by atoms with Crippen LogP contribution in [0.5, 0.6) is 0 Å². The minimum Gasteiger partial charge on any atom is -0.294 e. The van der Waals surface area contributed by atoms with Crippen molar-refractivity contribution in [3.8, 4) is 0 Å². The number of carbonyl (C=O) groups excluding carboxylic acids is 1. The van der Waals surface area contributed by atoms with Crippen molar-refractivity contribution >= 4 is 37.6 Å². The molecule has 0 saturated heterocycles. The maximum Gasteiger partial charge on any atom is 0.163 e. The predicted octanol–water partition coefficient (Wildman–Crippen LogP) is 5.22. The minimum absolute atomic E-state index is 0.301. The fraction of sp³-hybridized carbons (Fsp3) is 0.533. The van der Waals surface area contributed by atoms with Gasteiger partial charge in [-0.3, -0.25) is 4.79 Å². The van der Waals surface area contributed by atoms with E-state index in [-0.39, 0.29) is 0 Å². The van der Waals surface area contributed by atoms with Crippen LogP contribution in [-0.4, -0.2) is 5.78 Å². The van der Waals surface area contributed by atoms with Gasteiger partial charge in [-0.05, 0) is 55.2 Å². The zero-order chi connectivity index (χ0) is 12.7. The van der Waals surface area contributed by atoms with E-state index in [9.17, 15) is 4.79 Å². The Hall–Kier alpha value is -0.150. The van der Waals surface area contributed by atoms with Crippen LogP contribution in [-0.2, 0) is 0 Å². The molecule has 2 aliphatic carbocycles. The molecule has 0 heterocycles. The van der Waals surface area contributed by atoms with E-state index in [2.05, 4.69) is 31.9 Å². The summed E-state index contributed by atoms with van der Waals surface area (Å²) < 4.78 is 1.93. The van der Waals surface area contributed by atoms with Gasteiger partial charge >= 0.3 is 0 Å². The van der Waals surface area contributed by atoms with Crippen molar-refractivity contribution in [1.29, 1.82) is 0 Å². The van der Waals surface area contributed by atoms with Crippen molar-refractivity contribution < 1.29 is 4.79 Å². The Bertz CT molecular complexity index is 463. The molecule has 3 rings (SSSR count). The molecule has 3 heteroatoms. The Morgan fingerprint density at radius 3 is 2.39 bits per heavy atom. The summed E-state index contributed by atoms with van der Waals surface area (Å²) >= 11 is 6.89. The zero-order valence-corrected chi connectivity index (χ0v) is 13.3. The molecule has 96 valence electrons. The summed E-state index contributed by atoms with van der Waals surface area (Å²) in [5.41, 5.74) is 0.832. The predicted molar refractivity (Wildman–Crippen MR) is 79.7 cm³/mol. The van der Waals surface area contributed by atoms with E-state index in [1.807, 2.05) is 18.2 Å². The molecule has 0 aromatic heterocycles. The topological polar surface area (TPSA) is 17.1 Å². The van der Waals surface area contributed by atoms with Crippen molar-refractivity contribution in [2.45, 2.75) is 32.1 Å². The normalized spacial score (nSPS) is 29.8. The molecule has 2 bridgehead atoms. The van der Waals surface area contributed by atoms with Crippen molar-refractivity contribution in [3.05, 3.63) is 32.7 Å². The van der Waals surface area contributed by atoms with E-state index in [4.69, 9.17) is 0 Å². The van der Waals surface area contributed by atoms with Crippen LogP contribution < -0.4 is 0 Å². The van der Waals surface area contributed by atoms with E-state index in [0.29, 0.717) is 11.7 Å². The van der Waals surface area contributed by atoms with Crippen molar-refractivity contribution in [3.63, 3.8) is 0 Å². The van der Waals surface area contributed by atoms with Gasteiger partial charge in [-0.1, -0.05) is 38.3 Å². The Morgan fingerprint density at radius 1 is 1.11 bits per heavy atom. The summed E-state index contributed by atoms with van der Waals surface area (Å²) in [4.78, 5) is 12.3. The van der Waals surface area contributed by atoms with E-state index in [0.717, 1.165) is 32.8 Å². The molecule has 1 nitrogen and oxygen atoms in total. The lowest BCUT2D eigenvalue weighted by Crippen LogP contribution is -2.15. The highest BCUT2D eigenvalue weighted by Gasteiger charge is 2.40. The number of benzene rings is 1. The summed E-state index contributed by atoms with van der Waals surface area (Å²) in [7, 11) is 0. The van der Waals surface area contributed by atoms with Crippen LogP contribution in [0.4, 0.5) is 0 Å². The van der Waals surface area contributed by atoms with Gasteiger partial charge in [0.2, 0.25) is 0 Å². The Morgan fingerprint density at radius 2 is 1.83 bits per heavy atom. The molecule has 2 aliphatic rings. The summed E-state index contributed by atoms with van der Waals surface area (Å²) in [6.07, 6.45) is 6.15.